The summed E-state index contributed by atoms with van der Waals surface area (Å²) in [5.74, 6) is 0. The first kappa shape index (κ1) is 17.1. The number of nitriles is 1. The zero-order chi connectivity index (χ0) is 15.5. The van der Waals surface area contributed by atoms with Crippen LogP contribution in [0.15, 0.2) is 48.7 Å². The van der Waals surface area contributed by atoms with Crippen LogP contribution in [-0.4, -0.2) is 4.98 Å². The maximum absolute atomic E-state index is 9.38. The fourth-order valence-corrected chi connectivity index (χ4v) is 2.58. The molecule has 0 aliphatic carbocycles. The maximum Gasteiger partial charge on any atom is 0.103 e. The SMILES string of the molecule is CCc1ccc2ncc(C#N)c(Nc3cccc(Cl)c3)c2c1.Cl. The predicted molar refractivity (Wildman–Crippen MR) is 97.8 cm³/mol. The topological polar surface area (TPSA) is 48.7 Å². The minimum Gasteiger partial charge on any atom is -0.354 e. The molecule has 23 heavy (non-hydrogen) atoms. The molecule has 0 aliphatic heterocycles. The minimum atomic E-state index is 0. The van der Waals surface area contributed by atoms with Gasteiger partial charge in [0.15, 0.2) is 0 Å². The Morgan fingerprint density at radius 2 is 2.04 bits per heavy atom. The van der Waals surface area contributed by atoms with Crippen LogP contribution in [0.3, 0.4) is 0 Å². The van der Waals surface area contributed by atoms with Crippen molar-refractivity contribution < 1.29 is 0 Å². The third kappa shape index (κ3) is 3.56. The second kappa shape index (κ2) is 7.32. The fraction of sp³-hybridized carbons (Fsp3) is 0.111. The van der Waals surface area contributed by atoms with Gasteiger partial charge < -0.3 is 5.32 Å². The number of aryl methyl sites for hydroxylation is 1. The second-order valence-electron chi connectivity index (χ2n) is 5.00. The molecule has 0 atom stereocenters. The van der Waals surface area contributed by atoms with E-state index in [1.54, 1.807) is 6.20 Å². The molecule has 0 spiro atoms. The molecule has 1 aromatic heterocycles. The van der Waals surface area contributed by atoms with Crippen LogP contribution in [0.2, 0.25) is 5.02 Å². The van der Waals surface area contributed by atoms with Crippen LogP contribution in [0.25, 0.3) is 10.9 Å². The van der Waals surface area contributed by atoms with Crippen LogP contribution < -0.4 is 5.32 Å². The Hall–Kier alpha value is -2.28. The Labute approximate surface area is 146 Å². The molecule has 2 aromatic carbocycles. The van der Waals surface area contributed by atoms with Gasteiger partial charge in [0.1, 0.15) is 6.07 Å². The van der Waals surface area contributed by atoms with Crippen LogP contribution in [0, 0.1) is 11.3 Å². The Morgan fingerprint density at radius 3 is 2.74 bits per heavy atom. The third-order valence-corrected chi connectivity index (χ3v) is 3.79. The first-order chi connectivity index (χ1) is 10.7. The number of hydrogen-bond donors (Lipinski definition) is 1. The van der Waals surface area contributed by atoms with Crippen molar-refractivity contribution in [3.63, 3.8) is 0 Å². The van der Waals surface area contributed by atoms with Gasteiger partial charge in [0.2, 0.25) is 0 Å². The Kier molecular flexibility index (Phi) is 5.44. The first-order valence-electron chi connectivity index (χ1n) is 7.05. The molecular formula is C18H15Cl2N3. The van der Waals surface area contributed by atoms with Gasteiger partial charge in [-0.2, -0.15) is 5.26 Å². The van der Waals surface area contributed by atoms with E-state index in [2.05, 4.69) is 35.4 Å². The molecule has 0 bridgehead atoms. The van der Waals surface area contributed by atoms with E-state index in [-0.39, 0.29) is 12.4 Å². The highest BCUT2D eigenvalue weighted by Crippen LogP contribution is 2.30. The summed E-state index contributed by atoms with van der Waals surface area (Å²) in [6, 6.07) is 15.8. The number of fused-ring (bicyclic) bond motifs is 1. The van der Waals surface area contributed by atoms with Crippen LogP contribution in [-0.2, 0) is 6.42 Å². The number of nitrogens with zero attached hydrogens (tertiary/aromatic N) is 2. The van der Waals surface area contributed by atoms with E-state index in [9.17, 15) is 5.26 Å². The van der Waals surface area contributed by atoms with Crippen molar-refractivity contribution in [3.05, 3.63) is 64.8 Å². The molecule has 3 nitrogen and oxygen atoms in total. The summed E-state index contributed by atoms with van der Waals surface area (Å²) >= 11 is 6.03. The van der Waals surface area contributed by atoms with Gasteiger partial charge in [0.05, 0.1) is 16.8 Å². The van der Waals surface area contributed by atoms with E-state index >= 15 is 0 Å². The predicted octanol–water partition coefficient (Wildman–Crippen LogP) is 5.49. The summed E-state index contributed by atoms with van der Waals surface area (Å²) in [5.41, 5.74) is 4.20. The molecular weight excluding hydrogens is 329 g/mol. The van der Waals surface area contributed by atoms with Crippen molar-refractivity contribution >= 4 is 46.3 Å². The lowest BCUT2D eigenvalue weighted by atomic mass is 10.1. The molecule has 5 heteroatoms. The van der Waals surface area contributed by atoms with Crippen LogP contribution in [0.5, 0.6) is 0 Å². The average Bonchev–Trinajstić information content (AvgIpc) is 2.55. The lowest BCUT2D eigenvalue weighted by Crippen LogP contribution is -1.97. The van der Waals surface area contributed by atoms with Crippen molar-refractivity contribution in [2.45, 2.75) is 13.3 Å². The summed E-state index contributed by atoms with van der Waals surface area (Å²) in [4.78, 5) is 4.36. The van der Waals surface area contributed by atoms with Gasteiger partial charge in [-0.15, -0.1) is 12.4 Å². The van der Waals surface area contributed by atoms with Crippen molar-refractivity contribution in [2.75, 3.05) is 5.32 Å². The molecule has 1 heterocycles. The summed E-state index contributed by atoms with van der Waals surface area (Å²) in [6.45, 7) is 2.10. The van der Waals surface area contributed by atoms with E-state index in [0.29, 0.717) is 10.6 Å². The highest BCUT2D eigenvalue weighted by atomic mass is 35.5. The van der Waals surface area contributed by atoms with Crippen LogP contribution in [0.4, 0.5) is 11.4 Å². The summed E-state index contributed by atoms with van der Waals surface area (Å²) in [5, 5.41) is 14.3. The number of hydrogen-bond acceptors (Lipinski definition) is 3. The summed E-state index contributed by atoms with van der Waals surface area (Å²) < 4.78 is 0. The Morgan fingerprint density at radius 1 is 1.22 bits per heavy atom. The van der Waals surface area contributed by atoms with Crippen LogP contribution >= 0.6 is 24.0 Å². The number of benzene rings is 2. The van der Waals surface area contributed by atoms with Crippen molar-refractivity contribution in [1.29, 1.82) is 5.26 Å². The van der Waals surface area contributed by atoms with Gasteiger partial charge in [-0.05, 0) is 42.3 Å². The van der Waals surface area contributed by atoms with Gasteiger partial charge in [-0.25, -0.2) is 0 Å². The molecule has 1 N–H and O–H groups in total. The number of aromatic nitrogens is 1. The van der Waals surface area contributed by atoms with Crippen molar-refractivity contribution in [3.8, 4) is 6.07 Å². The molecule has 0 amide bonds. The van der Waals surface area contributed by atoms with Crippen molar-refractivity contribution in [1.82, 2.24) is 4.98 Å². The third-order valence-electron chi connectivity index (χ3n) is 3.56. The number of halogens is 2. The quantitative estimate of drug-likeness (QED) is 0.684. The van der Waals surface area contributed by atoms with Gasteiger partial charge in [-0.1, -0.05) is 30.7 Å². The molecule has 0 saturated carbocycles. The zero-order valence-electron chi connectivity index (χ0n) is 12.5. The maximum atomic E-state index is 9.38. The minimum absolute atomic E-state index is 0. The molecule has 116 valence electrons. The molecule has 0 unspecified atom stereocenters. The molecule has 3 aromatic rings. The summed E-state index contributed by atoms with van der Waals surface area (Å²) in [7, 11) is 0. The van der Waals surface area contributed by atoms with E-state index in [0.717, 1.165) is 28.7 Å². The Balaban J connectivity index is 0.00000192. The number of nitrogens with one attached hydrogen (secondary N) is 1. The standard InChI is InChI=1S/C18H14ClN3.ClH/c1-2-12-6-7-17-16(8-12)18(13(10-20)11-21-17)22-15-5-3-4-14(19)9-15;/h3-9,11H,2H2,1H3,(H,21,22);1H. The van der Waals surface area contributed by atoms with E-state index in [4.69, 9.17) is 11.6 Å². The molecule has 0 aliphatic rings. The molecule has 0 saturated heterocycles. The highest BCUT2D eigenvalue weighted by molar-refractivity contribution is 6.30. The van der Waals surface area contributed by atoms with Crippen molar-refractivity contribution in [2.24, 2.45) is 0 Å². The first-order valence-corrected chi connectivity index (χ1v) is 7.43. The van der Waals surface area contributed by atoms with Gasteiger partial charge in [-0.3, -0.25) is 4.98 Å². The van der Waals surface area contributed by atoms with Gasteiger partial charge in [0.25, 0.3) is 0 Å². The lowest BCUT2D eigenvalue weighted by molar-refractivity contribution is 1.14. The average molecular weight is 344 g/mol. The van der Waals surface area contributed by atoms with E-state index < -0.39 is 0 Å². The number of rotatable bonds is 3. The highest BCUT2D eigenvalue weighted by Gasteiger charge is 2.10. The number of anilines is 2. The van der Waals surface area contributed by atoms with E-state index in [1.165, 1.54) is 5.56 Å². The Bertz CT molecular complexity index is 885. The molecule has 3 rings (SSSR count). The van der Waals surface area contributed by atoms with Gasteiger partial charge in [0, 0.05) is 22.3 Å². The fourth-order valence-electron chi connectivity index (χ4n) is 2.39. The largest absolute Gasteiger partial charge is 0.354 e. The second-order valence-corrected chi connectivity index (χ2v) is 5.44. The van der Waals surface area contributed by atoms with Gasteiger partial charge >= 0.3 is 0 Å². The lowest BCUT2D eigenvalue weighted by Gasteiger charge is -2.12. The number of pyridine rings is 1. The molecule has 0 radical (unpaired) electrons. The van der Waals surface area contributed by atoms with Crippen LogP contribution in [0.1, 0.15) is 18.1 Å². The molecule has 0 fully saturated rings. The van der Waals surface area contributed by atoms with E-state index in [1.807, 2.05) is 30.3 Å². The smallest absolute Gasteiger partial charge is 0.103 e. The zero-order valence-corrected chi connectivity index (χ0v) is 14.1. The normalized spacial score (nSPS) is 9.96. The monoisotopic (exact) mass is 343 g/mol. The summed E-state index contributed by atoms with van der Waals surface area (Å²) in [6.07, 6.45) is 2.53.